The van der Waals surface area contributed by atoms with Gasteiger partial charge in [0.15, 0.2) is 6.61 Å². The number of rotatable bonds is 5. The minimum absolute atomic E-state index is 0.157. The van der Waals surface area contributed by atoms with Crippen LogP contribution < -0.4 is 0 Å². The molecule has 1 amide bonds. The molecule has 1 aromatic rings. The third-order valence-corrected chi connectivity index (χ3v) is 6.00. The van der Waals surface area contributed by atoms with Crippen molar-refractivity contribution in [2.45, 2.75) is 54.4 Å². The van der Waals surface area contributed by atoms with Gasteiger partial charge in [0.05, 0.1) is 18.1 Å². The molecule has 0 aromatic heterocycles. The van der Waals surface area contributed by atoms with E-state index in [0.29, 0.717) is 38.1 Å². The molecular weight excluding hydrogens is 358 g/mol. The molecule has 28 heavy (non-hydrogen) atoms. The molecule has 0 spiro atoms. The molecular formula is C22H31NO5. The van der Waals surface area contributed by atoms with Crippen molar-refractivity contribution in [2.75, 3.05) is 26.3 Å². The number of ether oxygens (including phenoxy) is 2. The zero-order chi connectivity index (χ0) is 21.0. The lowest BCUT2D eigenvalue weighted by molar-refractivity contribution is -0.151. The van der Waals surface area contributed by atoms with E-state index in [9.17, 15) is 14.4 Å². The highest BCUT2D eigenvalue weighted by molar-refractivity contribution is 5.95. The number of esters is 2. The molecule has 0 atom stereocenters. The van der Waals surface area contributed by atoms with E-state index in [1.807, 2.05) is 34.6 Å². The quantitative estimate of drug-likeness (QED) is 0.723. The largest absolute Gasteiger partial charge is 0.466 e. The molecule has 1 aliphatic heterocycles. The van der Waals surface area contributed by atoms with Crippen LogP contribution in [0.5, 0.6) is 0 Å². The van der Waals surface area contributed by atoms with Crippen molar-refractivity contribution in [3.8, 4) is 0 Å². The van der Waals surface area contributed by atoms with Crippen LogP contribution in [0.4, 0.5) is 0 Å². The first-order valence-corrected chi connectivity index (χ1v) is 9.87. The Hall–Kier alpha value is -2.37. The molecule has 1 aliphatic rings. The topological polar surface area (TPSA) is 72.9 Å². The molecule has 1 heterocycles. The lowest BCUT2D eigenvalue weighted by Crippen LogP contribution is -2.42. The van der Waals surface area contributed by atoms with Gasteiger partial charge in [0.2, 0.25) is 0 Å². The van der Waals surface area contributed by atoms with Crippen LogP contribution in [0.2, 0.25) is 0 Å². The number of carbonyl (C=O) groups excluding carboxylic acids is 3. The monoisotopic (exact) mass is 389 g/mol. The van der Waals surface area contributed by atoms with Gasteiger partial charge >= 0.3 is 11.9 Å². The molecule has 0 aliphatic carbocycles. The van der Waals surface area contributed by atoms with Crippen molar-refractivity contribution >= 4 is 17.8 Å². The number of hydrogen-bond acceptors (Lipinski definition) is 5. The highest BCUT2D eigenvalue weighted by atomic mass is 16.5. The summed E-state index contributed by atoms with van der Waals surface area (Å²) in [6.45, 7) is 12.7. The summed E-state index contributed by atoms with van der Waals surface area (Å²) >= 11 is 0. The van der Waals surface area contributed by atoms with Crippen molar-refractivity contribution < 1.29 is 23.9 Å². The summed E-state index contributed by atoms with van der Waals surface area (Å²) in [5.74, 6) is -1.05. The fourth-order valence-electron chi connectivity index (χ4n) is 3.72. The number of likely N-dealkylation sites (tertiary alicyclic amines) is 1. The van der Waals surface area contributed by atoms with Gasteiger partial charge in [-0.3, -0.25) is 9.59 Å². The Morgan fingerprint density at radius 1 is 0.857 bits per heavy atom. The van der Waals surface area contributed by atoms with E-state index in [1.54, 1.807) is 11.8 Å². The van der Waals surface area contributed by atoms with Crippen molar-refractivity contribution in [3.05, 3.63) is 33.4 Å². The van der Waals surface area contributed by atoms with Gasteiger partial charge in [0.25, 0.3) is 5.91 Å². The maximum Gasteiger partial charge on any atom is 0.339 e. The summed E-state index contributed by atoms with van der Waals surface area (Å²) < 4.78 is 10.4. The van der Waals surface area contributed by atoms with Crippen LogP contribution in [0.25, 0.3) is 0 Å². The van der Waals surface area contributed by atoms with E-state index in [4.69, 9.17) is 9.47 Å². The predicted molar refractivity (Wildman–Crippen MR) is 106 cm³/mol. The van der Waals surface area contributed by atoms with E-state index in [2.05, 4.69) is 0 Å². The molecule has 6 heteroatoms. The second-order valence-corrected chi connectivity index (χ2v) is 7.48. The lowest BCUT2D eigenvalue weighted by Gasteiger charge is -2.30. The zero-order valence-corrected chi connectivity index (χ0v) is 17.8. The number of nitrogens with zero attached hydrogens (tertiary/aromatic N) is 1. The maximum atomic E-state index is 12.6. The lowest BCUT2D eigenvalue weighted by atomic mass is 9.90. The van der Waals surface area contributed by atoms with E-state index in [-0.39, 0.29) is 24.4 Å². The Labute approximate surface area is 167 Å². The van der Waals surface area contributed by atoms with Gasteiger partial charge in [-0.05, 0) is 82.2 Å². The first kappa shape index (κ1) is 21.9. The van der Waals surface area contributed by atoms with E-state index in [0.717, 1.165) is 22.3 Å². The van der Waals surface area contributed by atoms with E-state index in [1.165, 1.54) is 5.56 Å². The maximum absolute atomic E-state index is 12.6. The molecule has 1 saturated heterocycles. The first-order valence-electron chi connectivity index (χ1n) is 9.87. The molecule has 0 N–H and O–H groups in total. The first-order chi connectivity index (χ1) is 13.2. The zero-order valence-electron chi connectivity index (χ0n) is 17.8. The Balaban J connectivity index is 1.96. The molecule has 0 radical (unpaired) electrons. The molecule has 0 unspecified atom stereocenters. The second kappa shape index (κ2) is 9.22. The van der Waals surface area contributed by atoms with Crippen LogP contribution in [0.3, 0.4) is 0 Å². The van der Waals surface area contributed by atoms with Gasteiger partial charge < -0.3 is 14.4 Å². The number of benzene rings is 1. The third kappa shape index (κ3) is 4.54. The highest BCUT2D eigenvalue weighted by Crippen LogP contribution is 2.26. The normalized spacial score (nSPS) is 14.7. The van der Waals surface area contributed by atoms with E-state index >= 15 is 0 Å². The number of hydrogen-bond donors (Lipinski definition) is 0. The van der Waals surface area contributed by atoms with Gasteiger partial charge in [-0.15, -0.1) is 0 Å². The molecule has 1 fully saturated rings. The summed E-state index contributed by atoms with van der Waals surface area (Å²) in [5.41, 5.74) is 5.66. The van der Waals surface area contributed by atoms with Gasteiger partial charge in [0.1, 0.15) is 0 Å². The van der Waals surface area contributed by atoms with Gasteiger partial charge in [-0.2, -0.15) is 0 Å². The standard InChI is InChI=1S/C22H31NO5/c1-7-27-21(25)18-8-10-23(11-9-18)19(24)12-28-22(26)20-16(5)14(3)13(2)15(4)17(20)6/h18H,7-12H2,1-6H3. The minimum atomic E-state index is -0.462. The van der Waals surface area contributed by atoms with Crippen molar-refractivity contribution in [1.29, 1.82) is 0 Å². The average Bonchev–Trinajstić information content (AvgIpc) is 2.69. The summed E-state index contributed by atoms with van der Waals surface area (Å²) in [6.07, 6.45) is 1.15. The van der Waals surface area contributed by atoms with Crippen LogP contribution in [0.15, 0.2) is 0 Å². The van der Waals surface area contributed by atoms with Crippen molar-refractivity contribution in [2.24, 2.45) is 5.92 Å². The van der Waals surface area contributed by atoms with Crippen LogP contribution in [0.1, 0.15) is 57.9 Å². The summed E-state index contributed by atoms with van der Waals surface area (Å²) in [4.78, 5) is 38.5. The highest BCUT2D eigenvalue weighted by Gasteiger charge is 2.29. The Morgan fingerprint density at radius 3 is 1.86 bits per heavy atom. The number of carbonyl (C=O) groups is 3. The number of piperidine rings is 1. The summed E-state index contributed by atoms with van der Waals surface area (Å²) in [6, 6.07) is 0. The average molecular weight is 389 g/mol. The minimum Gasteiger partial charge on any atom is -0.466 e. The van der Waals surface area contributed by atoms with Crippen molar-refractivity contribution in [1.82, 2.24) is 4.90 Å². The number of amides is 1. The molecule has 2 rings (SSSR count). The van der Waals surface area contributed by atoms with Gasteiger partial charge in [0, 0.05) is 13.1 Å². The smallest absolute Gasteiger partial charge is 0.339 e. The van der Waals surface area contributed by atoms with Crippen LogP contribution in [-0.4, -0.2) is 49.0 Å². The Bertz CT molecular complexity index is 747. The molecule has 0 saturated carbocycles. The van der Waals surface area contributed by atoms with Gasteiger partial charge in [-0.1, -0.05) is 0 Å². The summed E-state index contributed by atoms with van der Waals surface area (Å²) in [7, 11) is 0. The van der Waals surface area contributed by atoms with Crippen LogP contribution >= 0.6 is 0 Å². The van der Waals surface area contributed by atoms with Gasteiger partial charge in [-0.25, -0.2) is 4.79 Å². The Morgan fingerprint density at radius 2 is 1.36 bits per heavy atom. The van der Waals surface area contributed by atoms with E-state index < -0.39 is 5.97 Å². The second-order valence-electron chi connectivity index (χ2n) is 7.48. The van der Waals surface area contributed by atoms with Crippen molar-refractivity contribution in [3.63, 3.8) is 0 Å². The Kier molecular flexibility index (Phi) is 7.22. The third-order valence-electron chi connectivity index (χ3n) is 6.00. The molecule has 0 bridgehead atoms. The fraction of sp³-hybridized carbons (Fsp3) is 0.591. The molecule has 154 valence electrons. The molecule has 6 nitrogen and oxygen atoms in total. The van der Waals surface area contributed by atoms with Crippen LogP contribution in [0, 0.1) is 40.5 Å². The predicted octanol–water partition coefficient (Wildman–Crippen LogP) is 3.19. The fourth-order valence-corrected chi connectivity index (χ4v) is 3.72. The van der Waals surface area contributed by atoms with Crippen LogP contribution in [-0.2, 0) is 19.1 Å². The summed E-state index contributed by atoms with van der Waals surface area (Å²) in [5, 5.41) is 0. The SMILES string of the molecule is CCOC(=O)C1CCN(C(=O)COC(=O)c2c(C)c(C)c(C)c(C)c2C)CC1. The molecule has 1 aromatic carbocycles.